The summed E-state index contributed by atoms with van der Waals surface area (Å²) in [6.45, 7) is -0.433. The van der Waals surface area contributed by atoms with E-state index >= 15 is 0 Å². The second-order valence-electron chi connectivity index (χ2n) is 5.18. The molecule has 2 unspecified atom stereocenters. The van der Waals surface area contributed by atoms with Crippen LogP contribution in [0.5, 0.6) is 0 Å². The van der Waals surface area contributed by atoms with E-state index in [9.17, 15) is 30.4 Å². The number of non-ortho nitro benzene ring substituents is 2. The quantitative estimate of drug-likeness (QED) is 0.544. The zero-order chi connectivity index (χ0) is 18.4. The molecule has 8 nitrogen and oxygen atoms in total. The molecule has 0 aliphatic heterocycles. The molecule has 2 rings (SSSR count). The first kappa shape index (κ1) is 18.8. The summed E-state index contributed by atoms with van der Waals surface area (Å²) in [5.74, 6) is 0. The third-order valence-corrected chi connectivity index (χ3v) is 5.11. The van der Waals surface area contributed by atoms with Crippen LogP contribution < -0.4 is 0 Å². The fourth-order valence-electron chi connectivity index (χ4n) is 2.27. The number of aliphatic hydroxyl groups is 2. The Labute approximate surface area is 147 Å². The predicted octanol–water partition coefficient (Wildman–Crippen LogP) is 3.00. The van der Waals surface area contributed by atoms with Crippen molar-refractivity contribution < 1.29 is 20.1 Å². The Balaban J connectivity index is 2.17. The molecule has 0 aliphatic rings. The highest BCUT2D eigenvalue weighted by molar-refractivity contribution is 7.99. The molecule has 0 spiro atoms. The average molecular weight is 364 g/mol. The number of nitro groups is 2. The molecule has 2 aromatic carbocycles. The average Bonchev–Trinajstić information content (AvgIpc) is 2.63. The van der Waals surface area contributed by atoms with Crippen molar-refractivity contribution in [3.63, 3.8) is 0 Å². The van der Waals surface area contributed by atoms with Gasteiger partial charge in [0.05, 0.1) is 33.6 Å². The van der Waals surface area contributed by atoms with Crippen LogP contribution in [0.1, 0.15) is 21.6 Å². The van der Waals surface area contributed by atoms with Crippen molar-refractivity contribution in [3.05, 3.63) is 79.9 Å². The van der Waals surface area contributed by atoms with E-state index in [0.717, 1.165) is 0 Å². The van der Waals surface area contributed by atoms with E-state index in [4.69, 9.17) is 0 Å². The van der Waals surface area contributed by atoms with E-state index in [2.05, 4.69) is 0 Å². The number of hydrogen-bond donors (Lipinski definition) is 2. The summed E-state index contributed by atoms with van der Waals surface area (Å²) < 4.78 is 0. The van der Waals surface area contributed by atoms with Crippen molar-refractivity contribution in [1.82, 2.24) is 0 Å². The van der Waals surface area contributed by atoms with Crippen molar-refractivity contribution in [1.29, 1.82) is 0 Å². The van der Waals surface area contributed by atoms with Gasteiger partial charge in [-0.25, -0.2) is 0 Å². The molecule has 0 fully saturated rings. The smallest absolute Gasteiger partial charge is 0.269 e. The van der Waals surface area contributed by atoms with Gasteiger partial charge in [0.25, 0.3) is 11.4 Å². The normalized spacial score (nSPS) is 13.2. The summed E-state index contributed by atoms with van der Waals surface area (Å²) >= 11 is 1.28. The highest BCUT2D eigenvalue weighted by atomic mass is 32.2. The lowest BCUT2D eigenvalue weighted by molar-refractivity contribution is -0.385. The predicted molar refractivity (Wildman–Crippen MR) is 93.4 cm³/mol. The number of aliphatic hydroxyl groups excluding tert-OH is 2. The first-order chi connectivity index (χ1) is 12.0. The Morgan fingerprint density at radius 1 is 0.760 bits per heavy atom. The summed E-state index contributed by atoms with van der Waals surface area (Å²) in [6.07, 6.45) is 0. The minimum atomic E-state index is -0.502. The van der Waals surface area contributed by atoms with Gasteiger partial charge in [-0.1, -0.05) is 24.3 Å². The van der Waals surface area contributed by atoms with Crippen LogP contribution in [0.25, 0.3) is 0 Å². The second kappa shape index (κ2) is 8.56. The number of nitro benzene ring substituents is 2. The van der Waals surface area contributed by atoms with Gasteiger partial charge in [0.15, 0.2) is 0 Å². The molecular weight excluding hydrogens is 348 g/mol. The van der Waals surface area contributed by atoms with Gasteiger partial charge in [0.2, 0.25) is 0 Å². The molecule has 2 atom stereocenters. The van der Waals surface area contributed by atoms with Crippen LogP contribution in [0, 0.1) is 20.2 Å². The van der Waals surface area contributed by atoms with Crippen molar-refractivity contribution in [2.45, 2.75) is 10.5 Å². The minimum absolute atomic E-state index is 0.0421. The molecule has 0 saturated heterocycles. The fourth-order valence-corrected chi connectivity index (χ4v) is 3.47. The lowest BCUT2D eigenvalue weighted by Gasteiger charge is -2.21. The van der Waals surface area contributed by atoms with Gasteiger partial charge in [0, 0.05) is 24.3 Å². The van der Waals surface area contributed by atoms with Crippen molar-refractivity contribution in [3.8, 4) is 0 Å². The molecule has 132 valence electrons. The number of rotatable bonds is 8. The molecule has 0 aromatic heterocycles. The van der Waals surface area contributed by atoms with Crippen LogP contribution >= 0.6 is 11.8 Å². The van der Waals surface area contributed by atoms with Crippen LogP contribution in [0.2, 0.25) is 0 Å². The van der Waals surface area contributed by atoms with Gasteiger partial charge in [-0.2, -0.15) is 0 Å². The maximum Gasteiger partial charge on any atom is 0.269 e. The molecule has 0 heterocycles. The molecule has 25 heavy (non-hydrogen) atoms. The number of hydrogen-bond acceptors (Lipinski definition) is 7. The Hall–Kier alpha value is -2.49. The molecule has 2 N–H and O–H groups in total. The standard InChI is InChI=1S/C16H16N2O6S/c19-9-15(11-1-5-13(6-2-11)17(21)22)25-16(10-20)12-3-7-14(8-4-12)18(23)24/h1-8,15-16,19-20H,9-10H2. The number of thioether (sulfide) groups is 1. The van der Waals surface area contributed by atoms with E-state index in [1.807, 2.05) is 0 Å². The molecule has 0 radical (unpaired) electrons. The van der Waals surface area contributed by atoms with E-state index < -0.39 is 20.3 Å². The van der Waals surface area contributed by atoms with Crippen LogP contribution in [-0.4, -0.2) is 33.3 Å². The van der Waals surface area contributed by atoms with Crippen LogP contribution in [0.3, 0.4) is 0 Å². The van der Waals surface area contributed by atoms with Gasteiger partial charge in [-0.05, 0) is 11.1 Å². The molecule has 0 saturated carbocycles. The first-order valence-corrected chi connectivity index (χ1v) is 8.26. The Bertz CT molecular complexity index is 672. The van der Waals surface area contributed by atoms with Gasteiger partial charge >= 0.3 is 0 Å². The Morgan fingerprint density at radius 3 is 1.32 bits per heavy atom. The molecule has 2 aromatic rings. The summed E-state index contributed by atoms with van der Waals surface area (Å²) in [6, 6.07) is 11.7. The van der Waals surface area contributed by atoms with Crippen LogP contribution in [0.15, 0.2) is 48.5 Å². The van der Waals surface area contributed by atoms with Crippen LogP contribution in [-0.2, 0) is 0 Å². The topological polar surface area (TPSA) is 127 Å². The van der Waals surface area contributed by atoms with E-state index in [1.165, 1.54) is 36.0 Å². The van der Waals surface area contributed by atoms with Gasteiger partial charge in [0.1, 0.15) is 0 Å². The highest BCUT2D eigenvalue weighted by Crippen LogP contribution is 2.40. The second-order valence-corrected chi connectivity index (χ2v) is 6.59. The minimum Gasteiger partial charge on any atom is -0.395 e. The maximum atomic E-state index is 10.7. The largest absolute Gasteiger partial charge is 0.395 e. The summed E-state index contributed by atoms with van der Waals surface area (Å²) in [4.78, 5) is 20.4. The number of benzene rings is 2. The summed E-state index contributed by atoms with van der Waals surface area (Å²) in [5.41, 5.74) is 1.30. The molecule has 0 bridgehead atoms. The van der Waals surface area contributed by atoms with Crippen LogP contribution in [0.4, 0.5) is 11.4 Å². The van der Waals surface area contributed by atoms with E-state index in [-0.39, 0.29) is 24.6 Å². The molecule has 0 aliphatic carbocycles. The third-order valence-electron chi connectivity index (χ3n) is 3.61. The maximum absolute atomic E-state index is 10.7. The highest BCUT2D eigenvalue weighted by Gasteiger charge is 2.21. The summed E-state index contributed by atoms with van der Waals surface area (Å²) in [7, 11) is 0. The number of nitrogens with zero attached hydrogens (tertiary/aromatic N) is 2. The lowest BCUT2D eigenvalue weighted by Crippen LogP contribution is -2.07. The Morgan fingerprint density at radius 2 is 1.08 bits per heavy atom. The van der Waals surface area contributed by atoms with Crippen molar-refractivity contribution >= 4 is 23.1 Å². The first-order valence-electron chi connectivity index (χ1n) is 7.32. The lowest BCUT2D eigenvalue weighted by atomic mass is 10.1. The summed E-state index contributed by atoms with van der Waals surface area (Å²) in [5, 5.41) is 39.9. The van der Waals surface area contributed by atoms with Gasteiger partial charge in [-0.15, -0.1) is 11.8 Å². The van der Waals surface area contributed by atoms with Crippen molar-refractivity contribution in [2.75, 3.05) is 13.2 Å². The molecular formula is C16H16N2O6S. The SMILES string of the molecule is O=[N+]([O-])c1ccc(C(CO)SC(CO)c2ccc([N+](=O)[O-])cc2)cc1. The zero-order valence-electron chi connectivity index (χ0n) is 13.0. The van der Waals surface area contributed by atoms with Gasteiger partial charge < -0.3 is 10.2 Å². The fraction of sp³-hybridized carbons (Fsp3) is 0.250. The monoisotopic (exact) mass is 364 g/mol. The molecule has 0 amide bonds. The Kier molecular flexibility index (Phi) is 6.45. The van der Waals surface area contributed by atoms with Gasteiger partial charge in [-0.3, -0.25) is 20.2 Å². The van der Waals surface area contributed by atoms with E-state index in [1.54, 1.807) is 24.3 Å². The third kappa shape index (κ3) is 4.75. The van der Waals surface area contributed by atoms with E-state index in [0.29, 0.717) is 11.1 Å². The zero-order valence-corrected chi connectivity index (χ0v) is 13.8. The molecule has 9 heteroatoms. The van der Waals surface area contributed by atoms with Crippen molar-refractivity contribution in [2.24, 2.45) is 0 Å².